The Kier molecular flexibility index (Phi) is 9.02. The summed E-state index contributed by atoms with van der Waals surface area (Å²) in [5.74, 6) is 0. The molecule has 0 aliphatic carbocycles. The summed E-state index contributed by atoms with van der Waals surface area (Å²) in [6, 6.07) is 66.9. The summed E-state index contributed by atoms with van der Waals surface area (Å²) in [4.78, 5) is 8.16. The number of benzene rings is 9. The van der Waals surface area contributed by atoms with Crippen LogP contribution in [0.25, 0.3) is 109 Å². The van der Waals surface area contributed by atoms with Crippen LogP contribution in [-0.2, 0) is 0 Å². The van der Waals surface area contributed by atoms with E-state index < -0.39 is 0 Å². The van der Waals surface area contributed by atoms with Gasteiger partial charge in [-0.15, -0.1) is 0 Å². The predicted molar refractivity (Wildman–Crippen MR) is 264 cm³/mol. The molecule has 9 aromatic carbocycles. The van der Waals surface area contributed by atoms with Gasteiger partial charge in [0.2, 0.25) is 0 Å². The Morgan fingerprint density at radius 1 is 0.406 bits per heavy atom. The minimum Gasteiger partial charge on any atom is -0.310 e. The normalized spacial score (nSPS) is 11.2. The summed E-state index contributed by atoms with van der Waals surface area (Å²) in [7, 11) is 0. The van der Waals surface area contributed by atoms with Gasteiger partial charge in [0, 0.05) is 38.4 Å². The first kappa shape index (κ1) is 38.0. The molecule has 0 amide bonds. The Hall–Kier alpha value is -8.95. The van der Waals surface area contributed by atoms with Crippen molar-refractivity contribution in [2.45, 2.75) is 13.8 Å². The minimum absolute atomic E-state index is 0.544. The van der Waals surface area contributed by atoms with Gasteiger partial charge in [-0.3, -0.25) is 0 Å². The number of fused-ring (bicyclic) bond motifs is 6. The molecule has 0 bridgehead atoms. The van der Waals surface area contributed by atoms with Crippen molar-refractivity contribution in [2.24, 2.45) is 0 Å². The van der Waals surface area contributed by atoms with Gasteiger partial charge in [0.15, 0.2) is 11.4 Å². The molecule has 0 atom stereocenters. The van der Waals surface area contributed by atoms with Crippen molar-refractivity contribution < 1.29 is 0 Å². The van der Waals surface area contributed by atoms with E-state index >= 15 is 0 Å². The lowest BCUT2D eigenvalue weighted by atomic mass is 9.87. The van der Waals surface area contributed by atoms with Gasteiger partial charge in [-0.05, 0) is 113 Å². The van der Waals surface area contributed by atoms with E-state index in [0.29, 0.717) is 16.9 Å². The molecule has 0 radical (unpaired) electrons. The van der Waals surface area contributed by atoms with E-state index in [0.717, 1.165) is 111 Å². The van der Waals surface area contributed by atoms with E-state index in [2.05, 4.69) is 166 Å². The van der Waals surface area contributed by atoms with E-state index in [1.165, 1.54) is 0 Å². The first-order chi connectivity index (χ1) is 31.5. The number of rotatable bonds is 6. The zero-order chi connectivity index (χ0) is 43.5. The molecule has 5 nitrogen and oxygen atoms in total. The smallest absolute Gasteiger partial charge is 0.197 e. The number of aryl methyl sites for hydroxylation is 2. The van der Waals surface area contributed by atoms with Crippen LogP contribution in [0, 0.1) is 38.3 Å². The third-order valence-corrected chi connectivity index (χ3v) is 12.7. The first-order valence-corrected chi connectivity index (χ1v) is 21.2. The number of para-hydroxylation sites is 3. The molecule has 0 saturated heterocycles. The number of aromatic nitrogens is 2. The van der Waals surface area contributed by atoms with Gasteiger partial charge < -0.3 is 9.13 Å². The van der Waals surface area contributed by atoms with Crippen LogP contribution >= 0.6 is 0 Å². The van der Waals surface area contributed by atoms with Crippen molar-refractivity contribution in [2.75, 3.05) is 0 Å². The number of nitrogens with zero attached hydrogens (tertiary/aromatic N) is 5. The van der Waals surface area contributed by atoms with Crippen LogP contribution in [0.5, 0.6) is 0 Å². The van der Waals surface area contributed by atoms with Gasteiger partial charge in [-0.1, -0.05) is 133 Å². The average Bonchev–Trinajstić information content (AvgIpc) is 3.85. The standard InChI is InChI=1S/C59H37N5/c1-37-16-13-17-38(2)57(37)46-23-14-28-55(63-51-26-11-8-21-44(51)47-34-39(30-32-53(47)63)42-19-6-5-18-41(42)36-60)58(46)59-50(62-4)25-15-29-56(59)64-52-27-12-9-22-45(52)48-35-40(31-33-54(48)64)43-20-7-10-24-49(43)61-3/h5-35H,1-2H3. The van der Waals surface area contributed by atoms with Crippen molar-refractivity contribution in [1.29, 1.82) is 5.26 Å². The quantitative estimate of drug-likeness (QED) is 0.154. The van der Waals surface area contributed by atoms with Gasteiger partial charge >= 0.3 is 0 Å². The largest absolute Gasteiger partial charge is 0.310 e. The topological polar surface area (TPSA) is 42.4 Å². The predicted octanol–water partition coefficient (Wildman–Crippen LogP) is 16.1. The molecule has 0 saturated carbocycles. The monoisotopic (exact) mass is 815 g/mol. The second-order valence-corrected chi connectivity index (χ2v) is 16.2. The Balaban J connectivity index is 1.26. The fraction of sp³-hybridized carbons (Fsp3) is 0.0339. The molecule has 11 rings (SSSR count). The molecule has 0 unspecified atom stereocenters. The van der Waals surface area contributed by atoms with Crippen molar-refractivity contribution in [3.63, 3.8) is 0 Å². The highest BCUT2D eigenvalue weighted by molar-refractivity contribution is 6.14. The summed E-state index contributed by atoms with van der Waals surface area (Å²) in [6.07, 6.45) is 0. The fourth-order valence-corrected chi connectivity index (χ4v) is 9.95. The molecular formula is C59H37N5. The fourth-order valence-electron chi connectivity index (χ4n) is 9.95. The maximum atomic E-state index is 10.1. The molecule has 298 valence electrons. The van der Waals surface area contributed by atoms with Crippen LogP contribution in [0.15, 0.2) is 188 Å². The Labute approximate surface area is 371 Å². The zero-order valence-corrected chi connectivity index (χ0v) is 35.1. The second kappa shape index (κ2) is 15.2. The van der Waals surface area contributed by atoms with Crippen molar-refractivity contribution >= 4 is 55.0 Å². The molecule has 2 heterocycles. The molecule has 0 N–H and O–H groups in total. The lowest BCUT2D eigenvalue weighted by molar-refractivity contribution is 1.16. The van der Waals surface area contributed by atoms with Crippen LogP contribution in [-0.4, -0.2) is 9.13 Å². The van der Waals surface area contributed by atoms with Crippen molar-refractivity contribution in [3.05, 3.63) is 228 Å². The first-order valence-electron chi connectivity index (χ1n) is 21.2. The van der Waals surface area contributed by atoms with Crippen LogP contribution in [0.1, 0.15) is 16.7 Å². The number of hydrogen-bond donors (Lipinski definition) is 0. The highest BCUT2D eigenvalue weighted by Crippen LogP contribution is 2.49. The molecule has 5 heteroatoms. The molecule has 0 aliphatic heterocycles. The number of hydrogen-bond acceptors (Lipinski definition) is 1. The van der Waals surface area contributed by atoms with Crippen molar-refractivity contribution in [1.82, 2.24) is 9.13 Å². The lowest BCUT2D eigenvalue weighted by Crippen LogP contribution is -2.04. The van der Waals surface area contributed by atoms with Crippen LogP contribution in [0.4, 0.5) is 11.4 Å². The van der Waals surface area contributed by atoms with E-state index in [1.54, 1.807) is 0 Å². The third-order valence-electron chi connectivity index (χ3n) is 12.7. The van der Waals surface area contributed by atoms with Gasteiger partial charge in [0.25, 0.3) is 0 Å². The molecule has 0 fully saturated rings. The lowest BCUT2D eigenvalue weighted by Gasteiger charge is -2.24. The zero-order valence-electron chi connectivity index (χ0n) is 35.1. The molecule has 64 heavy (non-hydrogen) atoms. The minimum atomic E-state index is 0.544. The van der Waals surface area contributed by atoms with Gasteiger partial charge in [-0.2, -0.15) is 5.26 Å². The van der Waals surface area contributed by atoms with Gasteiger partial charge in [0.05, 0.1) is 52.5 Å². The Bertz CT molecular complexity index is 3840. The van der Waals surface area contributed by atoms with E-state index in [1.807, 2.05) is 60.7 Å². The van der Waals surface area contributed by atoms with E-state index in [9.17, 15) is 5.26 Å². The molecule has 0 spiro atoms. The summed E-state index contributed by atoms with van der Waals surface area (Å²) in [6.45, 7) is 21.0. The highest BCUT2D eigenvalue weighted by Gasteiger charge is 2.26. The molecular weight excluding hydrogens is 779 g/mol. The average molecular weight is 816 g/mol. The van der Waals surface area contributed by atoms with Crippen LogP contribution < -0.4 is 0 Å². The molecule has 2 aromatic heterocycles. The SMILES string of the molecule is [C-]#[N+]c1ccccc1-c1ccc2c(c1)c1ccccc1n2-c1cccc([N+]#[C-])c1-c1c(-c2c(C)cccc2C)cccc1-n1c2ccccc2c2cc(-c3ccccc3C#N)ccc21. The maximum absolute atomic E-state index is 10.1. The summed E-state index contributed by atoms with van der Waals surface area (Å²) in [5, 5.41) is 14.4. The second-order valence-electron chi connectivity index (χ2n) is 16.2. The van der Waals surface area contributed by atoms with Crippen LogP contribution in [0.2, 0.25) is 0 Å². The van der Waals surface area contributed by atoms with E-state index in [4.69, 9.17) is 13.1 Å². The van der Waals surface area contributed by atoms with Crippen LogP contribution in [0.3, 0.4) is 0 Å². The number of nitriles is 1. The van der Waals surface area contributed by atoms with E-state index in [-0.39, 0.29) is 0 Å². The Morgan fingerprint density at radius 3 is 1.50 bits per heavy atom. The third kappa shape index (κ3) is 5.83. The summed E-state index contributed by atoms with van der Waals surface area (Å²) < 4.78 is 4.67. The summed E-state index contributed by atoms with van der Waals surface area (Å²) >= 11 is 0. The van der Waals surface area contributed by atoms with Gasteiger partial charge in [0.1, 0.15) is 0 Å². The van der Waals surface area contributed by atoms with Crippen molar-refractivity contribution in [3.8, 4) is 62.0 Å². The molecule has 0 aliphatic rings. The molecule has 11 aromatic rings. The maximum Gasteiger partial charge on any atom is 0.197 e. The summed E-state index contributed by atoms with van der Waals surface area (Å²) in [5.41, 5.74) is 17.7. The Morgan fingerprint density at radius 2 is 0.875 bits per heavy atom. The van der Waals surface area contributed by atoms with Gasteiger partial charge in [-0.25, -0.2) is 9.69 Å². The highest BCUT2D eigenvalue weighted by atomic mass is 15.0.